The zero-order valence-corrected chi connectivity index (χ0v) is 11.2. The average molecular weight is 250 g/mol. The van der Waals surface area contributed by atoms with E-state index in [2.05, 4.69) is 12.2 Å². The van der Waals surface area contributed by atoms with Crippen molar-refractivity contribution in [2.45, 2.75) is 20.3 Å². The maximum atomic E-state index is 7.67. The highest BCUT2D eigenvalue weighted by atomic mass is 32.1. The highest BCUT2D eigenvalue weighted by Gasteiger charge is 2.18. The molecule has 1 rings (SSSR count). The van der Waals surface area contributed by atoms with Gasteiger partial charge in [0.15, 0.2) is 11.1 Å². The van der Waals surface area contributed by atoms with Gasteiger partial charge in [-0.15, -0.1) is 0 Å². The Bertz CT molecular complexity index is 442. The van der Waals surface area contributed by atoms with E-state index >= 15 is 0 Å². The smallest absolute Gasteiger partial charge is 0.199 e. The summed E-state index contributed by atoms with van der Waals surface area (Å²) in [7, 11) is 1.72. The topological polar surface area (TPSA) is 65.1 Å². The number of hydrogen-bond acceptors (Lipinski definition) is 2. The molecule has 4 nitrogen and oxygen atoms in total. The zero-order valence-electron chi connectivity index (χ0n) is 10.4. The number of nitrogens with one attached hydrogen (secondary N) is 2. The van der Waals surface area contributed by atoms with Crippen molar-refractivity contribution in [1.29, 1.82) is 5.41 Å². The standard InChI is InChI=1S/C12H18N4S/c1-4-9-7-5-6-8(2)10(9)16(11(13)14)12(17)15-3/h5-7H,4H2,1-3H3,(H3,13,14)(H,15,17). The van der Waals surface area contributed by atoms with E-state index in [1.807, 2.05) is 25.1 Å². The van der Waals surface area contributed by atoms with Crippen molar-refractivity contribution >= 4 is 29.0 Å². The number of hydrogen-bond donors (Lipinski definition) is 3. The highest BCUT2D eigenvalue weighted by molar-refractivity contribution is 7.80. The van der Waals surface area contributed by atoms with Crippen molar-refractivity contribution in [2.75, 3.05) is 11.9 Å². The minimum absolute atomic E-state index is 0.0756. The molecule has 5 heteroatoms. The monoisotopic (exact) mass is 250 g/mol. The van der Waals surface area contributed by atoms with E-state index < -0.39 is 0 Å². The molecule has 0 saturated carbocycles. The lowest BCUT2D eigenvalue weighted by molar-refractivity contribution is 1.09. The van der Waals surface area contributed by atoms with E-state index in [0.29, 0.717) is 5.11 Å². The molecular weight excluding hydrogens is 232 g/mol. The zero-order chi connectivity index (χ0) is 13.0. The quantitative estimate of drug-likeness (QED) is 0.425. The van der Waals surface area contributed by atoms with E-state index in [9.17, 15) is 0 Å². The van der Waals surface area contributed by atoms with Crippen LogP contribution in [0.4, 0.5) is 5.69 Å². The van der Waals surface area contributed by atoms with Crippen LogP contribution in [-0.2, 0) is 6.42 Å². The first-order chi connectivity index (χ1) is 8.02. The van der Waals surface area contributed by atoms with Crippen molar-refractivity contribution in [3.63, 3.8) is 0 Å². The molecule has 0 spiro atoms. The van der Waals surface area contributed by atoms with Crippen LogP contribution in [0.1, 0.15) is 18.1 Å². The molecule has 0 atom stereocenters. The van der Waals surface area contributed by atoms with Gasteiger partial charge in [-0.05, 0) is 36.7 Å². The normalized spacial score (nSPS) is 9.82. The van der Waals surface area contributed by atoms with Crippen LogP contribution >= 0.6 is 12.2 Å². The third-order valence-corrected chi connectivity index (χ3v) is 2.97. The number of rotatable bonds is 2. The summed E-state index contributed by atoms with van der Waals surface area (Å²) in [6.07, 6.45) is 0.868. The molecule has 0 radical (unpaired) electrons. The second kappa shape index (κ2) is 5.63. The molecule has 1 aromatic carbocycles. The second-order valence-electron chi connectivity index (χ2n) is 3.71. The molecule has 0 aliphatic rings. The Balaban J connectivity index is 3.37. The Morgan fingerprint density at radius 3 is 2.65 bits per heavy atom. The molecule has 0 amide bonds. The molecule has 4 N–H and O–H groups in total. The van der Waals surface area contributed by atoms with Gasteiger partial charge < -0.3 is 11.1 Å². The Kier molecular flexibility index (Phi) is 4.45. The Morgan fingerprint density at radius 2 is 2.18 bits per heavy atom. The molecule has 0 heterocycles. The predicted molar refractivity (Wildman–Crippen MR) is 76.6 cm³/mol. The maximum absolute atomic E-state index is 7.67. The van der Waals surface area contributed by atoms with E-state index in [0.717, 1.165) is 23.2 Å². The molecule has 0 fully saturated rings. The molecule has 0 bridgehead atoms. The number of aryl methyl sites for hydroxylation is 2. The van der Waals surface area contributed by atoms with Crippen molar-refractivity contribution in [3.05, 3.63) is 29.3 Å². The fraction of sp³-hybridized carbons (Fsp3) is 0.333. The summed E-state index contributed by atoms with van der Waals surface area (Å²) in [5, 5.41) is 11.0. The van der Waals surface area contributed by atoms with Crippen molar-refractivity contribution in [3.8, 4) is 0 Å². The first kappa shape index (κ1) is 13.4. The molecule has 92 valence electrons. The Labute approximate surface area is 107 Å². The van der Waals surface area contributed by atoms with Gasteiger partial charge in [-0.25, -0.2) is 0 Å². The van der Waals surface area contributed by atoms with Crippen LogP contribution in [-0.4, -0.2) is 18.1 Å². The fourth-order valence-corrected chi connectivity index (χ4v) is 1.96. The van der Waals surface area contributed by atoms with Gasteiger partial charge in [-0.2, -0.15) is 0 Å². The van der Waals surface area contributed by atoms with Crippen LogP contribution < -0.4 is 16.0 Å². The van der Waals surface area contributed by atoms with Crippen LogP contribution in [0.5, 0.6) is 0 Å². The molecule has 0 aliphatic carbocycles. The largest absolute Gasteiger partial charge is 0.369 e. The van der Waals surface area contributed by atoms with Gasteiger partial charge in [0.25, 0.3) is 0 Å². The number of para-hydroxylation sites is 1. The molecule has 0 unspecified atom stereocenters. The van der Waals surface area contributed by atoms with Crippen LogP contribution in [0.15, 0.2) is 18.2 Å². The minimum atomic E-state index is -0.0756. The van der Waals surface area contributed by atoms with Crippen molar-refractivity contribution in [1.82, 2.24) is 5.32 Å². The lowest BCUT2D eigenvalue weighted by atomic mass is 10.0. The second-order valence-corrected chi connectivity index (χ2v) is 4.10. The summed E-state index contributed by atoms with van der Waals surface area (Å²) in [6, 6.07) is 6.01. The van der Waals surface area contributed by atoms with Gasteiger partial charge in [0.1, 0.15) is 0 Å². The number of anilines is 1. The summed E-state index contributed by atoms with van der Waals surface area (Å²) in [4.78, 5) is 1.56. The summed E-state index contributed by atoms with van der Waals surface area (Å²) in [5.41, 5.74) is 8.70. The number of nitrogens with two attached hydrogens (primary N) is 1. The Morgan fingerprint density at radius 1 is 1.53 bits per heavy atom. The van der Waals surface area contributed by atoms with Crippen LogP contribution in [0.3, 0.4) is 0 Å². The van der Waals surface area contributed by atoms with E-state index in [1.165, 1.54) is 0 Å². The average Bonchev–Trinajstić information content (AvgIpc) is 2.30. The summed E-state index contributed by atoms with van der Waals surface area (Å²) < 4.78 is 0. The van der Waals surface area contributed by atoms with Gasteiger partial charge in [0.05, 0.1) is 5.69 Å². The molecule has 17 heavy (non-hydrogen) atoms. The minimum Gasteiger partial charge on any atom is -0.369 e. The highest BCUT2D eigenvalue weighted by Crippen LogP contribution is 2.25. The SMILES string of the molecule is CCc1cccc(C)c1N(C(=N)N)C(=S)NC. The number of nitrogens with zero attached hydrogens (tertiary/aromatic N) is 1. The first-order valence-electron chi connectivity index (χ1n) is 5.47. The summed E-state index contributed by atoms with van der Waals surface area (Å²) in [6.45, 7) is 4.06. The third kappa shape index (κ3) is 2.74. The van der Waals surface area contributed by atoms with Gasteiger partial charge >= 0.3 is 0 Å². The lowest BCUT2D eigenvalue weighted by Gasteiger charge is -2.26. The predicted octanol–water partition coefficient (Wildman–Crippen LogP) is 1.76. The van der Waals surface area contributed by atoms with E-state index in [1.54, 1.807) is 11.9 Å². The molecule has 0 saturated heterocycles. The van der Waals surface area contributed by atoms with Gasteiger partial charge in [-0.3, -0.25) is 10.3 Å². The molecule has 0 aromatic heterocycles. The van der Waals surface area contributed by atoms with Gasteiger partial charge in [0.2, 0.25) is 0 Å². The van der Waals surface area contributed by atoms with Crippen LogP contribution in [0, 0.1) is 12.3 Å². The molecular formula is C12H18N4S. The van der Waals surface area contributed by atoms with Gasteiger partial charge in [0, 0.05) is 7.05 Å². The maximum Gasteiger partial charge on any atom is 0.199 e. The molecule has 1 aromatic rings. The lowest BCUT2D eigenvalue weighted by Crippen LogP contribution is -2.46. The van der Waals surface area contributed by atoms with Crippen LogP contribution in [0.2, 0.25) is 0 Å². The van der Waals surface area contributed by atoms with E-state index in [-0.39, 0.29) is 5.96 Å². The van der Waals surface area contributed by atoms with E-state index in [4.69, 9.17) is 23.4 Å². The summed E-state index contributed by atoms with van der Waals surface area (Å²) >= 11 is 5.20. The molecule has 0 aliphatic heterocycles. The fourth-order valence-electron chi connectivity index (χ4n) is 1.77. The first-order valence-corrected chi connectivity index (χ1v) is 5.88. The Hall–Kier alpha value is -1.62. The summed E-state index contributed by atoms with van der Waals surface area (Å²) in [5.74, 6) is -0.0756. The third-order valence-electron chi connectivity index (χ3n) is 2.58. The van der Waals surface area contributed by atoms with Crippen molar-refractivity contribution < 1.29 is 0 Å². The number of thiocarbonyl (C=S) groups is 1. The van der Waals surface area contributed by atoms with Crippen LogP contribution in [0.25, 0.3) is 0 Å². The number of benzene rings is 1. The van der Waals surface area contributed by atoms with Crippen molar-refractivity contribution in [2.24, 2.45) is 5.73 Å². The number of guanidine groups is 1. The van der Waals surface area contributed by atoms with Gasteiger partial charge in [-0.1, -0.05) is 25.1 Å².